The summed E-state index contributed by atoms with van der Waals surface area (Å²) in [6, 6.07) is 0. The molecule has 3 aliphatic heterocycles. The SMILES string of the molecule is O=C([C@H]1CCS(=O)(=O)C1)N1CCN(CN2C(=O)[C@H]3CCCC[C@H]3C2=O)CC1. The zero-order valence-electron chi connectivity index (χ0n) is 15.5. The van der Waals surface area contributed by atoms with Crippen LogP contribution in [0.5, 0.6) is 0 Å². The number of imide groups is 1. The molecule has 3 saturated heterocycles. The lowest BCUT2D eigenvalue weighted by molar-refractivity contribution is -0.145. The number of sulfone groups is 1. The van der Waals surface area contributed by atoms with E-state index in [0.717, 1.165) is 25.7 Å². The topological polar surface area (TPSA) is 95.1 Å². The molecule has 0 aromatic heterocycles. The predicted octanol–water partition coefficient (Wildman–Crippen LogP) is -0.302. The van der Waals surface area contributed by atoms with Crippen LogP contribution >= 0.6 is 0 Å². The van der Waals surface area contributed by atoms with Gasteiger partial charge in [-0.3, -0.25) is 24.2 Å². The number of hydrogen-bond donors (Lipinski definition) is 0. The predicted molar refractivity (Wildman–Crippen MR) is 97.1 cm³/mol. The first-order valence-corrected chi connectivity index (χ1v) is 11.7. The van der Waals surface area contributed by atoms with E-state index in [9.17, 15) is 22.8 Å². The van der Waals surface area contributed by atoms with E-state index in [1.807, 2.05) is 4.90 Å². The highest BCUT2D eigenvalue weighted by Gasteiger charge is 2.48. The fraction of sp³-hybridized carbons (Fsp3) is 0.833. The smallest absolute Gasteiger partial charge is 0.234 e. The largest absolute Gasteiger partial charge is 0.340 e. The summed E-state index contributed by atoms with van der Waals surface area (Å²) in [5.41, 5.74) is 0. The lowest BCUT2D eigenvalue weighted by Gasteiger charge is -2.37. The lowest BCUT2D eigenvalue weighted by atomic mass is 9.81. The Morgan fingerprint density at radius 2 is 1.52 bits per heavy atom. The molecule has 4 fully saturated rings. The summed E-state index contributed by atoms with van der Waals surface area (Å²) in [7, 11) is -3.07. The number of hydrogen-bond acceptors (Lipinski definition) is 6. The molecule has 1 aliphatic carbocycles. The van der Waals surface area contributed by atoms with Crippen LogP contribution in [0.15, 0.2) is 0 Å². The third-order valence-corrected chi connectivity index (χ3v) is 8.31. The molecule has 3 atom stereocenters. The van der Waals surface area contributed by atoms with Gasteiger partial charge in [-0.25, -0.2) is 8.42 Å². The number of likely N-dealkylation sites (tertiary alicyclic amines) is 1. The van der Waals surface area contributed by atoms with Crippen LogP contribution in [0.3, 0.4) is 0 Å². The van der Waals surface area contributed by atoms with E-state index in [4.69, 9.17) is 0 Å². The van der Waals surface area contributed by atoms with Gasteiger partial charge in [-0.05, 0) is 19.3 Å². The minimum atomic E-state index is -3.07. The molecule has 4 rings (SSSR count). The Balaban J connectivity index is 1.30. The molecule has 0 spiro atoms. The Morgan fingerprint density at radius 3 is 2.04 bits per heavy atom. The summed E-state index contributed by atoms with van der Waals surface area (Å²) in [6.45, 7) is 2.52. The van der Waals surface area contributed by atoms with Crippen molar-refractivity contribution >= 4 is 27.6 Å². The number of fused-ring (bicyclic) bond motifs is 1. The Bertz CT molecular complexity index is 720. The van der Waals surface area contributed by atoms with Crippen LogP contribution in [0.4, 0.5) is 0 Å². The summed E-state index contributed by atoms with van der Waals surface area (Å²) in [5, 5.41) is 0. The van der Waals surface area contributed by atoms with Gasteiger partial charge in [-0.15, -0.1) is 0 Å². The maximum absolute atomic E-state index is 12.6. The van der Waals surface area contributed by atoms with Crippen LogP contribution in [0.2, 0.25) is 0 Å². The van der Waals surface area contributed by atoms with Crippen LogP contribution < -0.4 is 0 Å². The molecule has 0 N–H and O–H groups in total. The van der Waals surface area contributed by atoms with E-state index in [0.29, 0.717) is 39.3 Å². The first-order chi connectivity index (χ1) is 12.9. The highest BCUT2D eigenvalue weighted by Crippen LogP contribution is 2.38. The average molecular weight is 397 g/mol. The summed E-state index contributed by atoms with van der Waals surface area (Å²) in [5.74, 6) is -0.728. The molecular weight excluding hydrogens is 370 g/mol. The Morgan fingerprint density at radius 1 is 0.926 bits per heavy atom. The Kier molecular flexibility index (Phi) is 5.00. The molecule has 0 radical (unpaired) electrons. The number of piperazine rings is 1. The van der Waals surface area contributed by atoms with Crippen molar-refractivity contribution in [2.45, 2.75) is 32.1 Å². The van der Waals surface area contributed by atoms with Crippen molar-refractivity contribution in [3.8, 4) is 0 Å². The highest BCUT2D eigenvalue weighted by atomic mass is 32.2. The van der Waals surface area contributed by atoms with Crippen LogP contribution in [0.25, 0.3) is 0 Å². The van der Waals surface area contributed by atoms with Crippen LogP contribution in [0.1, 0.15) is 32.1 Å². The van der Waals surface area contributed by atoms with E-state index in [1.165, 1.54) is 4.90 Å². The Labute approximate surface area is 159 Å². The molecule has 0 unspecified atom stereocenters. The summed E-state index contributed by atoms with van der Waals surface area (Å²) >= 11 is 0. The molecule has 4 aliphatic rings. The molecule has 0 aromatic rings. The molecule has 1 saturated carbocycles. The second kappa shape index (κ2) is 7.16. The Hall–Kier alpha value is -1.48. The van der Waals surface area contributed by atoms with Gasteiger partial charge in [0, 0.05) is 26.2 Å². The highest BCUT2D eigenvalue weighted by molar-refractivity contribution is 7.91. The fourth-order valence-electron chi connectivity index (χ4n) is 4.93. The molecule has 150 valence electrons. The third-order valence-electron chi connectivity index (χ3n) is 6.54. The van der Waals surface area contributed by atoms with E-state index in [1.54, 1.807) is 4.90 Å². The second-order valence-electron chi connectivity index (χ2n) is 8.29. The zero-order chi connectivity index (χ0) is 19.2. The van der Waals surface area contributed by atoms with E-state index >= 15 is 0 Å². The van der Waals surface area contributed by atoms with Crippen molar-refractivity contribution in [2.24, 2.45) is 17.8 Å². The summed E-state index contributed by atoms with van der Waals surface area (Å²) in [6.07, 6.45) is 4.09. The minimum absolute atomic E-state index is 0.0284. The standard InChI is InChI=1S/C18H27N3O5S/c22-16(13-5-10-27(25,26)11-13)20-8-6-19(7-9-20)12-21-17(23)14-3-1-2-4-15(14)18(21)24/h13-15H,1-12H2/t13-,14-,15+/m0/s1. The normalized spacial score (nSPS) is 34.1. The van der Waals surface area contributed by atoms with Gasteiger partial charge in [0.05, 0.1) is 35.9 Å². The number of carbonyl (C=O) groups is 3. The first-order valence-electron chi connectivity index (χ1n) is 9.92. The minimum Gasteiger partial charge on any atom is -0.340 e. The van der Waals surface area contributed by atoms with Crippen molar-refractivity contribution in [3.05, 3.63) is 0 Å². The van der Waals surface area contributed by atoms with Crippen molar-refractivity contribution in [1.29, 1.82) is 0 Å². The van der Waals surface area contributed by atoms with Gasteiger partial charge in [-0.1, -0.05) is 12.8 Å². The van der Waals surface area contributed by atoms with Crippen LogP contribution in [0, 0.1) is 17.8 Å². The van der Waals surface area contributed by atoms with E-state index < -0.39 is 15.8 Å². The number of amides is 3. The molecule has 0 aromatic carbocycles. The molecule has 3 heterocycles. The number of carbonyl (C=O) groups excluding carboxylic acids is 3. The van der Waals surface area contributed by atoms with Crippen molar-refractivity contribution in [1.82, 2.24) is 14.7 Å². The first kappa shape index (κ1) is 18.9. The quantitative estimate of drug-likeness (QED) is 0.607. The maximum Gasteiger partial charge on any atom is 0.234 e. The number of nitrogens with zero attached hydrogens (tertiary/aromatic N) is 3. The van der Waals surface area contributed by atoms with Crippen LogP contribution in [-0.4, -0.2) is 85.2 Å². The molecular formula is C18H27N3O5S. The van der Waals surface area contributed by atoms with E-state index in [-0.39, 0.29) is 41.1 Å². The van der Waals surface area contributed by atoms with Gasteiger partial charge in [0.25, 0.3) is 0 Å². The van der Waals surface area contributed by atoms with E-state index in [2.05, 4.69) is 0 Å². The second-order valence-corrected chi connectivity index (χ2v) is 10.5. The molecule has 0 bridgehead atoms. The van der Waals surface area contributed by atoms with Gasteiger partial charge in [-0.2, -0.15) is 0 Å². The van der Waals surface area contributed by atoms with Gasteiger partial charge >= 0.3 is 0 Å². The molecule has 27 heavy (non-hydrogen) atoms. The van der Waals surface area contributed by atoms with Crippen molar-refractivity contribution in [2.75, 3.05) is 44.4 Å². The van der Waals surface area contributed by atoms with Gasteiger partial charge in [0.1, 0.15) is 0 Å². The monoisotopic (exact) mass is 397 g/mol. The average Bonchev–Trinajstić information content (AvgIpc) is 3.14. The van der Waals surface area contributed by atoms with Gasteiger partial charge < -0.3 is 4.90 Å². The zero-order valence-corrected chi connectivity index (χ0v) is 16.3. The van der Waals surface area contributed by atoms with Gasteiger partial charge in [0.15, 0.2) is 9.84 Å². The molecule has 8 nitrogen and oxygen atoms in total. The van der Waals surface area contributed by atoms with Crippen molar-refractivity contribution < 1.29 is 22.8 Å². The number of rotatable bonds is 3. The molecule has 3 amide bonds. The summed E-state index contributed by atoms with van der Waals surface area (Å²) in [4.78, 5) is 42.9. The fourth-order valence-corrected chi connectivity index (χ4v) is 6.66. The maximum atomic E-state index is 12.6. The summed E-state index contributed by atoms with van der Waals surface area (Å²) < 4.78 is 23.2. The lowest BCUT2D eigenvalue weighted by Crippen LogP contribution is -2.53. The molecule has 9 heteroatoms. The third kappa shape index (κ3) is 3.63. The van der Waals surface area contributed by atoms with Crippen LogP contribution in [-0.2, 0) is 24.2 Å². The van der Waals surface area contributed by atoms with Gasteiger partial charge in [0.2, 0.25) is 17.7 Å². The van der Waals surface area contributed by atoms with Crippen molar-refractivity contribution in [3.63, 3.8) is 0 Å².